The van der Waals surface area contributed by atoms with Crippen LogP contribution in [0.3, 0.4) is 0 Å². The minimum absolute atomic E-state index is 0.223. The zero-order valence-corrected chi connectivity index (χ0v) is 14.2. The van der Waals surface area contributed by atoms with Gasteiger partial charge in [-0.25, -0.2) is 4.79 Å². The van der Waals surface area contributed by atoms with E-state index in [-0.39, 0.29) is 12.4 Å². The predicted molar refractivity (Wildman–Crippen MR) is 85.2 cm³/mol. The molecular formula is C17H23NO5. The van der Waals surface area contributed by atoms with Crippen LogP contribution >= 0.6 is 0 Å². The van der Waals surface area contributed by atoms with Crippen LogP contribution in [0.5, 0.6) is 0 Å². The summed E-state index contributed by atoms with van der Waals surface area (Å²) in [5.41, 5.74) is -0.257. The van der Waals surface area contributed by atoms with Crippen molar-refractivity contribution in [2.75, 3.05) is 13.7 Å². The largest absolute Gasteiger partial charge is 0.463 e. The summed E-state index contributed by atoms with van der Waals surface area (Å²) in [4.78, 5) is 37.0. The fraction of sp³-hybridized carbons (Fsp3) is 0.471. The molecular weight excluding hydrogens is 298 g/mol. The van der Waals surface area contributed by atoms with Gasteiger partial charge in [0.15, 0.2) is 5.78 Å². The molecule has 1 unspecified atom stereocenters. The average Bonchev–Trinajstić information content (AvgIpc) is 2.45. The number of nitrogens with zero attached hydrogens (tertiary/aromatic N) is 1. The summed E-state index contributed by atoms with van der Waals surface area (Å²) in [6, 6.07) is 7.58. The van der Waals surface area contributed by atoms with Crippen molar-refractivity contribution >= 4 is 17.8 Å². The Bertz CT molecular complexity index is 562. The van der Waals surface area contributed by atoms with Crippen molar-refractivity contribution in [1.82, 2.24) is 4.90 Å². The van der Waals surface area contributed by atoms with Gasteiger partial charge in [-0.2, -0.15) is 0 Å². The smallest absolute Gasteiger partial charge is 0.410 e. The van der Waals surface area contributed by atoms with E-state index in [1.807, 2.05) is 0 Å². The van der Waals surface area contributed by atoms with Gasteiger partial charge < -0.3 is 9.47 Å². The lowest BCUT2D eigenvalue weighted by Gasteiger charge is -2.29. The summed E-state index contributed by atoms with van der Waals surface area (Å²) < 4.78 is 10.2. The van der Waals surface area contributed by atoms with Crippen LogP contribution in [0.25, 0.3) is 0 Å². The lowest BCUT2D eigenvalue weighted by molar-refractivity contribution is -0.142. The number of hydrogen-bond acceptors (Lipinski definition) is 5. The van der Waals surface area contributed by atoms with Crippen molar-refractivity contribution in [3.05, 3.63) is 35.9 Å². The maximum atomic E-state index is 12.6. The van der Waals surface area contributed by atoms with E-state index < -0.39 is 23.7 Å². The number of ketones is 1. The van der Waals surface area contributed by atoms with Gasteiger partial charge in [0.1, 0.15) is 18.2 Å². The quantitative estimate of drug-likeness (QED) is 0.616. The third-order valence-corrected chi connectivity index (χ3v) is 2.95. The molecule has 0 N–H and O–H groups in total. The molecule has 0 saturated carbocycles. The minimum Gasteiger partial charge on any atom is -0.463 e. The van der Waals surface area contributed by atoms with Gasteiger partial charge in [0, 0.05) is 19.5 Å². The van der Waals surface area contributed by atoms with Gasteiger partial charge >= 0.3 is 12.1 Å². The van der Waals surface area contributed by atoms with Crippen LogP contribution in [0, 0.1) is 0 Å². The number of amides is 1. The van der Waals surface area contributed by atoms with Crippen molar-refractivity contribution < 1.29 is 23.9 Å². The predicted octanol–water partition coefficient (Wildman–Crippen LogP) is 2.67. The van der Waals surface area contributed by atoms with E-state index in [9.17, 15) is 14.4 Å². The molecule has 1 aromatic rings. The number of ether oxygens (including phenoxy) is 2. The van der Waals surface area contributed by atoms with Crippen LogP contribution in [-0.2, 0) is 14.3 Å². The monoisotopic (exact) mass is 321 g/mol. The first-order valence-corrected chi connectivity index (χ1v) is 7.30. The number of benzene rings is 1. The van der Waals surface area contributed by atoms with E-state index in [2.05, 4.69) is 0 Å². The summed E-state index contributed by atoms with van der Waals surface area (Å²) in [6.45, 7) is 6.23. The molecule has 0 aliphatic rings. The molecule has 0 bridgehead atoms. The number of likely N-dealkylation sites (N-methyl/N-ethyl adjacent to an activating group) is 1. The molecule has 126 valence electrons. The number of carbonyl (C=O) groups is 3. The summed E-state index contributed by atoms with van der Waals surface area (Å²) in [5, 5.41) is 0. The zero-order valence-electron chi connectivity index (χ0n) is 14.2. The number of Topliss-reactive ketones (excluding diaryl/α,β-unsaturated/α-hetero) is 1. The number of rotatable bonds is 5. The fourth-order valence-corrected chi connectivity index (χ4v) is 1.82. The Labute approximate surface area is 136 Å². The van der Waals surface area contributed by atoms with Crippen LogP contribution in [0.15, 0.2) is 30.3 Å². The van der Waals surface area contributed by atoms with Gasteiger partial charge in [-0.3, -0.25) is 14.5 Å². The molecule has 0 fully saturated rings. The van der Waals surface area contributed by atoms with Gasteiger partial charge in [0.2, 0.25) is 0 Å². The molecule has 1 amide bonds. The first-order chi connectivity index (χ1) is 10.6. The molecule has 1 rings (SSSR count). The van der Waals surface area contributed by atoms with E-state index in [0.717, 1.165) is 4.90 Å². The molecule has 0 heterocycles. The number of carbonyl (C=O) groups excluding carboxylic acids is 3. The first kappa shape index (κ1) is 18.7. The van der Waals surface area contributed by atoms with E-state index in [1.165, 1.54) is 14.0 Å². The zero-order chi connectivity index (χ0) is 17.6. The van der Waals surface area contributed by atoms with Gasteiger partial charge in [-0.15, -0.1) is 0 Å². The molecule has 6 nitrogen and oxygen atoms in total. The summed E-state index contributed by atoms with van der Waals surface area (Å²) in [5.74, 6) is -0.839. The third-order valence-electron chi connectivity index (χ3n) is 2.95. The maximum Gasteiger partial charge on any atom is 0.410 e. The fourth-order valence-electron chi connectivity index (χ4n) is 1.82. The highest BCUT2D eigenvalue weighted by molar-refractivity contribution is 6.01. The van der Waals surface area contributed by atoms with Crippen molar-refractivity contribution in [2.24, 2.45) is 0 Å². The molecule has 23 heavy (non-hydrogen) atoms. The van der Waals surface area contributed by atoms with Crippen molar-refractivity contribution in [3.8, 4) is 0 Å². The van der Waals surface area contributed by atoms with Crippen LogP contribution in [0.2, 0.25) is 0 Å². The Morgan fingerprint density at radius 3 is 2.17 bits per heavy atom. The minimum atomic E-state index is -0.948. The normalized spacial score (nSPS) is 12.2. The number of esters is 1. The Kier molecular flexibility index (Phi) is 6.30. The van der Waals surface area contributed by atoms with E-state index in [1.54, 1.807) is 51.1 Å². The van der Waals surface area contributed by atoms with E-state index in [0.29, 0.717) is 5.56 Å². The standard InChI is InChI=1S/C17H23NO5/c1-12(19)22-11-14(15(20)13-9-7-6-8-10-13)18(5)16(21)23-17(2,3)4/h6-10,14H,11H2,1-5H3. The first-order valence-electron chi connectivity index (χ1n) is 7.30. The topological polar surface area (TPSA) is 72.9 Å². The Morgan fingerprint density at radius 2 is 1.70 bits per heavy atom. The molecule has 0 radical (unpaired) electrons. The van der Waals surface area contributed by atoms with E-state index in [4.69, 9.17) is 9.47 Å². The second-order valence-electron chi connectivity index (χ2n) is 6.14. The van der Waals surface area contributed by atoms with Gasteiger partial charge in [-0.1, -0.05) is 30.3 Å². The second-order valence-corrected chi connectivity index (χ2v) is 6.14. The Hall–Kier alpha value is -2.37. The lowest BCUT2D eigenvalue weighted by atomic mass is 10.0. The SMILES string of the molecule is CC(=O)OCC(C(=O)c1ccccc1)N(C)C(=O)OC(C)(C)C. The molecule has 1 atom stereocenters. The van der Waals surface area contributed by atoms with Crippen LogP contribution in [0.4, 0.5) is 4.79 Å². The average molecular weight is 321 g/mol. The summed E-state index contributed by atoms with van der Waals surface area (Å²) in [7, 11) is 1.45. The molecule has 0 spiro atoms. The molecule has 0 saturated heterocycles. The van der Waals surface area contributed by atoms with Crippen molar-refractivity contribution in [1.29, 1.82) is 0 Å². The van der Waals surface area contributed by atoms with Crippen LogP contribution in [-0.4, -0.2) is 48.0 Å². The van der Waals surface area contributed by atoms with Crippen molar-refractivity contribution in [2.45, 2.75) is 39.3 Å². The highest BCUT2D eigenvalue weighted by Gasteiger charge is 2.31. The van der Waals surface area contributed by atoms with Gasteiger partial charge in [0.25, 0.3) is 0 Å². The molecule has 0 aliphatic heterocycles. The maximum absolute atomic E-state index is 12.6. The second kappa shape index (κ2) is 7.76. The Morgan fingerprint density at radius 1 is 1.13 bits per heavy atom. The van der Waals surface area contributed by atoms with Crippen LogP contribution in [0.1, 0.15) is 38.1 Å². The molecule has 0 aliphatic carbocycles. The lowest BCUT2D eigenvalue weighted by Crippen LogP contribution is -2.47. The van der Waals surface area contributed by atoms with Gasteiger partial charge in [-0.05, 0) is 20.8 Å². The molecule has 1 aromatic carbocycles. The Balaban J connectivity index is 2.97. The highest BCUT2D eigenvalue weighted by Crippen LogP contribution is 2.14. The van der Waals surface area contributed by atoms with Crippen LogP contribution < -0.4 is 0 Å². The summed E-state index contributed by atoms with van der Waals surface area (Å²) >= 11 is 0. The number of hydrogen-bond donors (Lipinski definition) is 0. The van der Waals surface area contributed by atoms with Gasteiger partial charge in [0.05, 0.1) is 0 Å². The summed E-state index contributed by atoms with van der Waals surface area (Å²) in [6.07, 6.45) is -0.654. The molecule has 0 aromatic heterocycles. The van der Waals surface area contributed by atoms with Crippen molar-refractivity contribution in [3.63, 3.8) is 0 Å². The molecule has 6 heteroatoms. The van der Waals surface area contributed by atoms with E-state index >= 15 is 0 Å². The highest BCUT2D eigenvalue weighted by atomic mass is 16.6. The third kappa shape index (κ3) is 6.10.